The number of aliphatic hydroxyl groups is 1. The molecule has 0 aliphatic carbocycles. The summed E-state index contributed by atoms with van der Waals surface area (Å²) in [6.45, 7) is 1.57. The minimum atomic E-state index is -1.26. The van der Waals surface area contributed by atoms with Crippen LogP contribution < -0.4 is 24.0 Å². The first-order valence-electron chi connectivity index (χ1n) is 5.59. The molecule has 0 bridgehead atoms. The van der Waals surface area contributed by atoms with Gasteiger partial charge in [0.15, 0.2) is 0 Å². The molecule has 20 heavy (non-hydrogen) atoms. The Morgan fingerprint density at radius 3 is 1.80 bits per heavy atom. The van der Waals surface area contributed by atoms with Gasteiger partial charge in [-0.1, -0.05) is 42.3 Å². The summed E-state index contributed by atoms with van der Waals surface area (Å²) in [6.07, 6.45) is 5.26. The second kappa shape index (κ2) is 7.98. The van der Waals surface area contributed by atoms with E-state index in [1.54, 1.807) is 31.2 Å². The number of halogens is 2. The quantitative estimate of drug-likeness (QED) is 0.433. The maximum Gasteiger partial charge on any atom is 2.00 e. The van der Waals surface area contributed by atoms with Crippen molar-refractivity contribution >= 4 is 23.1 Å². The fraction of sp³-hybridized carbons (Fsp3) is 0.125. The first-order valence-corrected chi connectivity index (χ1v) is 5.59. The zero-order chi connectivity index (χ0) is 13.2. The van der Waals surface area contributed by atoms with Crippen LogP contribution in [0.1, 0.15) is 12.5 Å². The molecule has 2 rings (SSSR count). The van der Waals surface area contributed by atoms with Crippen LogP contribution in [0.5, 0.6) is 0 Å². The van der Waals surface area contributed by atoms with Crippen LogP contribution in [0.4, 0.5) is 4.39 Å². The van der Waals surface area contributed by atoms with Crippen LogP contribution in [-0.4, -0.2) is 28.2 Å². The summed E-state index contributed by atoms with van der Waals surface area (Å²) in [5, 5.41) is 9.91. The van der Waals surface area contributed by atoms with Gasteiger partial charge in [-0.3, -0.25) is 0 Å². The van der Waals surface area contributed by atoms with Gasteiger partial charge in [-0.25, -0.2) is 4.39 Å². The predicted molar refractivity (Wildman–Crippen MR) is 76.0 cm³/mol. The number of terminal acetylenes is 1. The van der Waals surface area contributed by atoms with Crippen molar-refractivity contribution in [2.45, 2.75) is 12.5 Å². The molecule has 1 nitrogen and oxygen atoms in total. The first-order chi connectivity index (χ1) is 8.53. The van der Waals surface area contributed by atoms with E-state index >= 15 is 0 Å². The third-order valence-corrected chi connectivity index (χ3v) is 2.91. The molecule has 0 heterocycles. The van der Waals surface area contributed by atoms with Gasteiger partial charge in [0, 0.05) is 0 Å². The standard InChI is InChI=1S/C16H13FO.HI.Mg/c1-3-16(2,18)14-8-4-12(5-9-14)13-6-10-15(17)11-7-13;;/h1,4-11,18H,2H3;1H;/q;;+2/p-1. The molecule has 0 saturated heterocycles. The van der Waals surface area contributed by atoms with Crippen LogP contribution >= 0.6 is 0 Å². The van der Waals surface area contributed by atoms with Crippen molar-refractivity contribution in [1.29, 1.82) is 0 Å². The van der Waals surface area contributed by atoms with Crippen LogP contribution in [0.2, 0.25) is 0 Å². The topological polar surface area (TPSA) is 20.2 Å². The Balaban J connectivity index is 0.00000180. The van der Waals surface area contributed by atoms with Gasteiger partial charge in [0.2, 0.25) is 0 Å². The molecule has 0 amide bonds. The van der Waals surface area contributed by atoms with E-state index in [-0.39, 0.29) is 52.8 Å². The van der Waals surface area contributed by atoms with E-state index in [4.69, 9.17) is 6.42 Å². The zero-order valence-corrected chi connectivity index (χ0v) is 14.7. The molecular weight excluding hydrogens is 378 g/mol. The Hall–Kier alpha value is -0.614. The average Bonchev–Trinajstić information content (AvgIpc) is 2.40. The summed E-state index contributed by atoms with van der Waals surface area (Å²) in [7, 11) is 0. The second-order valence-corrected chi connectivity index (χ2v) is 4.30. The number of hydrogen-bond donors (Lipinski definition) is 1. The molecule has 1 atom stereocenters. The number of hydrogen-bond acceptors (Lipinski definition) is 1. The fourth-order valence-electron chi connectivity index (χ4n) is 1.71. The second-order valence-electron chi connectivity index (χ2n) is 4.30. The molecular formula is C16H13FIMgO+. The van der Waals surface area contributed by atoms with Crippen LogP contribution in [-0.2, 0) is 5.60 Å². The predicted octanol–water partition coefficient (Wildman–Crippen LogP) is -0.0434. The number of benzene rings is 2. The van der Waals surface area contributed by atoms with Gasteiger partial charge in [-0.2, -0.15) is 0 Å². The molecule has 0 aliphatic heterocycles. The summed E-state index contributed by atoms with van der Waals surface area (Å²) in [5.74, 6) is 2.07. The summed E-state index contributed by atoms with van der Waals surface area (Å²) in [5.41, 5.74) is 1.27. The summed E-state index contributed by atoms with van der Waals surface area (Å²) in [4.78, 5) is 0. The first kappa shape index (κ1) is 19.4. The molecule has 0 aliphatic rings. The molecule has 4 heteroatoms. The van der Waals surface area contributed by atoms with Crippen molar-refractivity contribution in [2.75, 3.05) is 0 Å². The Morgan fingerprint density at radius 1 is 1.00 bits per heavy atom. The molecule has 2 aromatic rings. The van der Waals surface area contributed by atoms with Gasteiger partial charge in [0.05, 0.1) is 0 Å². The molecule has 0 saturated carbocycles. The molecule has 2 aromatic carbocycles. The van der Waals surface area contributed by atoms with E-state index < -0.39 is 5.60 Å². The van der Waals surface area contributed by atoms with Gasteiger partial charge in [0.1, 0.15) is 11.4 Å². The SMILES string of the molecule is C#CC(C)(O)c1ccc(-c2ccc(F)cc2)cc1.[I-].[Mg+2]. The maximum atomic E-state index is 12.8. The van der Waals surface area contributed by atoms with E-state index in [1.807, 2.05) is 12.1 Å². The van der Waals surface area contributed by atoms with E-state index in [0.29, 0.717) is 5.56 Å². The molecule has 1 N–H and O–H groups in total. The minimum absolute atomic E-state index is 0. The Bertz CT molecular complexity index is 585. The summed E-state index contributed by atoms with van der Waals surface area (Å²) >= 11 is 0. The average molecular weight is 391 g/mol. The third-order valence-electron chi connectivity index (χ3n) is 2.91. The van der Waals surface area contributed by atoms with E-state index in [2.05, 4.69) is 5.92 Å². The molecule has 0 aromatic heterocycles. The van der Waals surface area contributed by atoms with Crippen LogP contribution in [0.15, 0.2) is 48.5 Å². The zero-order valence-electron chi connectivity index (χ0n) is 11.1. The maximum absolute atomic E-state index is 12.8. The molecule has 0 fully saturated rings. The molecule has 1 unspecified atom stereocenters. The fourth-order valence-corrected chi connectivity index (χ4v) is 1.71. The van der Waals surface area contributed by atoms with Gasteiger partial charge < -0.3 is 29.1 Å². The van der Waals surface area contributed by atoms with E-state index in [9.17, 15) is 9.50 Å². The van der Waals surface area contributed by atoms with Crippen LogP contribution in [0.25, 0.3) is 11.1 Å². The van der Waals surface area contributed by atoms with Crippen molar-refractivity contribution in [3.8, 4) is 23.5 Å². The summed E-state index contributed by atoms with van der Waals surface area (Å²) < 4.78 is 12.8. The van der Waals surface area contributed by atoms with Crippen molar-refractivity contribution in [3.05, 3.63) is 59.9 Å². The monoisotopic (exact) mass is 391 g/mol. The van der Waals surface area contributed by atoms with Crippen LogP contribution in [0.3, 0.4) is 0 Å². The Morgan fingerprint density at radius 2 is 1.40 bits per heavy atom. The summed E-state index contributed by atoms with van der Waals surface area (Å²) in [6, 6.07) is 13.5. The molecule has 0 radical (unpaired) electrons. The molecule has 98 valence electrons. The van der Waals surface area contributed by atoms with E-state index in [0.717, 1.165) is 11.1 Å². The minimum Gasteiger partial charge on any atom is -1.00 e. The van der Waals surface area contributed by atoms with E-state index in [1.165, 1.54) is 12.1 Å². The van der Waals surface area contributed by atoms with Crippen molar-refractivity contribution in [2.24, 2.45) is 0 Å². The largest absolute Gasteiger partial charge is 2.00 e. The smallest absolute Gasteiger partial charge is 1.00 e. The van der Waals surface area contributed by atoms with Gasteiger partial charge in [-0.05, 0) is 35.7 Å². The van der Waals surface area contributed by atoms with Crippen molar-refractivity contribution < 1.29 is 33.5 Å². The normalized spacial score (nSPS) is 12.3. The third kappa shape index (κ3) is 4.45. The van der Waals surface area contributed by atoms with Gasteiger partial charge in [-0.15, -0.1) is 6.42 Å². The Kier molecular flexibility index (Phi) is 7.74. The van der Waals surface area contributed by atoms with Crippen LogP contribution in [0, 0.1) is 18.2 Å². The van der Waals surface area contributed by atoms with Gasteiger partial charge in [0.25, 0.3) is 0 Å². The van der Waals surface area contributed by atoms with Crippen molar-refractivity contribution in [1.82, 2.24) is 0 Å². The Labute approximate surface area is 151 Å². The van der Waals surface area contributed by atoms with Gasteiger partial charge >= 0.3 is 23.1 Å². The van der Waals surface area contributed by atoms with Crippen molar-refractivity contribution in [3.63, 3.8) is 0 Å². The molecule has 0 spiro atoms. The number of rotatable bonds is 2.